The first-order chi connectivity index (χ1) is 12.3. The summed E-state index contributed by atoms with van der Waals surface area (Å²) in [5.41, 5.74) is 2.19. The van der Waals surface area contributed by atoms with Gasteiger partial charge in [0.1, 0.15) is 0 Å². The number of nitrogens with zero attached hydrogens (tertiary/aromatic N) is 2. The minimum Gasteiger partial charge on any atom is -0.490 e. The van der Waals surface area contributed by atoms with Gasteiger partial charge in [0, 0.05) is 44.9 Å². The first-order valence-corrected chi connectivity index (χ1v) is 8.58. The summed E-state index contributed by atoms with van der Waals surface area (Å²) in [5.74, 6) is 2.40. The van der Waals surface area contributed by atoms with Gasteiger partial charge in [0.25, 0.3) is 0 Å². The molecule has 2 heterocycles. The average Bonchev–Trinajstić information content (AvgIpc) is 2.90. The molecule has 2 aromatic rings. The van der Waals surface area contributed by atoms with E-state index in [4.69, 9.17) is 9.47 Å². The minimum absolute atomic E-state index is 0.667. The van der Waals surface area contributed by atoms with Crippen LogP contribution in [0.25, 0.3) is 0 Å². The molecule has 0 atom stereocenters. The second-order valence-corrected chi connectivity index (χ2v) is 5.76. The molecule has 0 unspecified atom stereocenters. The van der Waals surface area contributed by atoms with Crippen molar-refractivity contribution in [2.45, 2.75) is 19.4 Å². The van der Waals surface area contributed by atoms with Crippen LogP contribution in [0.3, 0.4) is 0 Å². The van der Waals surface area contributed by atoms with Crippen LogP contribution in [-0.2, 0) is 13.0 Å². The van der Waals surface area contributed by atoms with E-state index >= 15 is 0 Å². The Hall–Kier alpha value is -2.76. The molecule has 0 amide bonds. The van der Waals surface area contributed by atoms with Crippen molar-refractivity contribution in [3.63, 3.8) is 0 Å². The second-order valence-electron chi connectivity index (χ2n) is 5.76. The number of guanidine groups is 1. The lowest BCUT2D eigenvalue weighted by molar-refractivity contribution is 0.297. The topological polar surface area (TPSA) is 67.8 Å². The number of aromatic nitrogens is 1. The van der Waals surface area contributed by atoms with Crippen LogP contribution in [0.15, 0.2) is 47.6 Å². The molecule has 2 N–H and O–H groups in total. The Balaban J connectivity index is 1.48. The summed E-state index contributed by atoms with van der Waals surface area (Å²) >= 11 is 0. The van der Waals surface area contributed by atoms with Crippen molar-refractivity contribution >= 4 is 5.96 Å². The fourth-order valence-corrected chi connectivity index (χ4v) is 2.58. The molecule has 1 aromatic heterocycles. The molecule has 0 saturated carbocycles. The number of hydrogen-bond donors (Lipinski definition) is 2. The molecule has 132 valence electrons. The molecule has 3 rings (SSSR count). The third-order valence-corrected chi connectivity index (χ3v) is 3.90. The zero-order valence-electron chi connectivity index (χ0n) is 14.5. The molecule has 0 aliphatic carbocycles. The molecule has 1 aliphatic rings. The van der Waals surface area contributed by atoms with E-state index in [1.807, 2.05) is 42.6 Å². The zero-order valence-corrected chi connectivity index (χ0v) is 14.5. The van der Waals surface area contributed by atoms with Gasteiger partial charge in [-0.25, -0.2) is 0 Å². The standard InChI is InChI=1S/C19H24N4O2/c1-20-19(22-10-8-16-5-2-3-9-21-16)23-14-15-6-7-17-18(13-15)25-12-4-11-24-17/h2-3,5-7,9,13H,4,8,10-12,14H2,1H3,(H2,20,22,23). The number of hydrogen-bond acceptors (Lipinski definition) is 4. The van der Waals surface area contributed by atoms with Crippen molar-refractivity contribution in [1.29, 1.82) is 0 Å². The molecule has 0 saturated heterocycles. The molecule has 6 nitrogen and oxygen atoms in total. The maximum absolute atomic E-state index is 5.73. The first kappa shape index (κ1) is 17.1. The quantitative estimate of drug-likeness (QED) is 0.645. The molecule has 6 heteroatoms. The van der Waals surface area contributed by atoms with Crippen molar-refractivity contribution in [3.05, 3.63) is 53.9 Å². The number of aliphatic imine (C=N–C) groups is 1. The molecular weight excluding hydrogens is 316 g/mol. The largest absolute Gasteiger partial charge is 0.490 e. The summed E-state index contributed by atoms with van der Waals surface area (Å²) in [4.78, 5) is 8.57. The molecule has 0 spiro atoms. The molecule has 0 radical (unpaired) electrons. The summed E-state index contributed by atoms with van der Waals surface area (Å²) in [6, 6.07) is 12.0. The van der Waals surface area contributed by atoms with Gasteiger partial charge >= 0.3 is 0 Å². The zero-order chi connectivity index (χ0) is 17.3. The van der Waals surface area contributed by atoms with Crippen molar-refractivity contribution in [1.82, 2.24) is 15.6 Å². The lowest BCUT2D eigenvalue weighted by Gasteiger charge is -2.13. The predicted molar refractivity (Wildman–Crippen MR) is 98.2 cm³/mol. The average molecular weight is 340 g/mol. The van der Waals surface area contributed by atoms with Crippen LogP contribution in [0, 0.1) is 0 Å². The van der Waals surface area contributed by atoms with Crippen LogP contribution in [-0.4, -0.2) is 37.7 Å². The Labute approximate surface area is 148 Å². The summed E-state index contributed by atoms with van der Waals surface area (Å²) in [7, 11) is 1.77. The van der Waals surface area contributed by atoms with E-state index in [0.717, 1.165) is 48.1 Å². The number of fused-ring (bicyclic) bond motifs is 1. The van der Waals surface area contributed by atoms with Crippen LogP contribution in [0.5, 0.6) is 11.5 Å². The van der Waals surface area contributed by atoms with E-state index in [-0.39, 0.29) is 0 Å². The highest BCUT2D eigenvalue weighted by Crippen LogP contribution is 2.30. The molecule has 0 fully saturated rings. The first-order valence-electron chi connectivity index (χ1n) is 8.58. The van der Waals surface area contributed by atoms with Crippen LogP contribution in [0.2, 0.25) is 0 Å². The highest BCUT2D eigenvalue weighted by atomic mass is 16.5. The van der Waals surface area contributed by atoms with Crippen LogP contribution < -0.4 is 20.1 Å². The highest BCUT2D eigenvalue weighted by molar-refractivity contribution is 5.79. The van der Waals surface area contributed by atoms with E-state index in [9.17, 15) is 0 Å². The normalized spacial score (nSPS) is 13.9. The van der Waals surface area contributed by atoms with Gasteiger partial charge in [-0.2, -0.15) is 0 Å². The van der Waals surface area contributed by atoms with E-state index in [1.54, 1.807) is 7.05 Å². The predicted octanol–water partition coefficient (Wildman–Crippen LogP) is 2.15. The van der Waals surface area contributed by atoms with Gasteiger partial charge in [-0.1, -0.05) is 12.1 Å². The summed E-state index contributed by atoms with van der Waals surface area (Å²) in [5, 5.41) is 6.62. The lowest BCUT2D eigenvalue weighted by atomic mass is 10.2. The Morgan fingerprint density at radius 1 is 1.12 bits per heavy atom. The maximum Gasteiger partial charge on any atom is 0.191 e. The van der Waals surface area contributed by atoms with E-state index in [2.05, 4.69) is 20.6 Å². The van der Waals surface area contributed by atoms with Crippen molar-refractivity contribution < 1.29 is 9.47 Å². The summed E-state index contributed by atoms with van der Waals surface area (Å²) in [6.07, 6.45) is 3.58. The van der Waals surface area contributed by atoms with Gasteiger partial charge in [-0.15, -0.1) is 0 Å². The van der Waals surface area contributed by atoms with Crippen molar-refractivity contribution in [2.24, 2.45) is 4.99 Å². The van der Waals surface area contributed by atoms with E-state index in [0.29, 0.717) is 19.8 Å². The summed E-state index contributed by atoms with van der Waals surface area (Å²) < 4.78 is 11.4. The van der Waals surface area contributed by atoms with Crippen LogP contribution in [0.4, 0.5) is 0 Å². The van der Waals surface area contributed by atoms with Gasteiger partial charge in [-0.3, -0.25) is 9.98 Å². The second kappa shape index (κ2) is 8.92. The molecule has 1 aromatic carbocycles. The van der Waals surface area contributed by atoms with Gasteiger partial charge in [0.15, 0.2) is 17.5 Å². The minimum atomic E-state index is 0.667. The van der Waals surface area contributed by atoms with Crippen LogP contribution in [0.1, 0.15) is 17.7 Å². The van der Waals surface area contributed by atoms with Gasteiger partial charge in [-0.05, 0) is 29.8 Å². The number of ether oxygens (including phenoxy) is 2. The monoisotopic (exact) mass is 340 g/mol. The fraction of sp³-hybridized carbons (Fsp3) is 0.368. The van der Waals surface area contributed by atoms with E-state index in [1.165, 1.54) is 0 Å². The Bertz CT molecular complexity index is 704. The highest BCUT2D eigenvalue weighted by Gasteiger charge is 2.10. The smallest absolute Gasteiger partial charge is 0.191 e. The fourth-order valence-electron chi connectivity index (χ4n) is 2.58. The van der Waals surface area contributed by atoms with Crippen LogP contribution >= 0.6 is 0 Å². The number of rotatable bonds is 5. The Morgan fingerprint density at radius 2 is 2.00 bits per heavy atom. The van der Waals surface area contributed by atoms with Gasteiger partial charge in [0.2, 0.25) is 0 Å². The lowest BCUT2D eigenvalue weighted by Crippen LogP contribution is -2.37. The number of nitrogens with one attached hydrogen (secondary N) is 2. The van der Waals surface area contributed by atoms with Gasteiger partial charge in [0.05, 0.1) is 13.2 Å². The third kappa shape index (κ3) is 5.11. The molecule has 0 bridgehead atoms. The van der Waals surface area contributed by atoms with Crippen molar-refractivity contribution in [3.8, 4) is 11.5 Å². The van der Waals surface area contributed by atoms with Crippen molar-refractivity contribution in [2.75, 3.05) is 26.8 Å². The van der Waals surface area contributed by atoms with E-state index < -0.39 is 0 Å². The summed E-state index contributed by atoms with van der Waals surface area (Å²) in [6.45, 7) is 2.84. The molecular formula is C19H24N4O2. The number of benzene rings is 1. The Morgan fingerprint density at radius 3 is 2.80 bits per heavy atom. The maximum atomic E-state index is 5.73. The molecule has 25 heavy (non-hydrogen) atoms. The number of pyridine rings is 1. The van der Waals surface area contributed by atoms with Gasteiger partial charge < -0.3 is 20.1 Å². The Kier molecular flexibility index (Phi) is 6.09. The SMILES string of the molecule is CN=C(NCCc1ccccn1)NCc1ccc2c(c1)OCCCO2. The molecule has 1 aliphatic heterocycles. The third-order valence-electron chi connectivity index (χ3n) is 3.90.